The van der Waals surface area contributed by atoms with Gasteiger partial charge in [-0.1, -0.05) is 75.4 Å². The second-order valence-corrected chi connectivity index (χ2v) is 9.77. The van der Waals surface area contributed by atoms with E-state index in [-0.39, 0.29) is 23.5 Å². The van der Waals surface area contributed by atoms with E-state index in [9.17, 15) is 10.1 Å². The van der Waals surface area contributed by atoms with E-state index in [2.05, 4.69) is 31.7 Å². The molecule has 1 saturated heterocycles. The monoisotopic (exact) mass is 437 g/mol. The van der Waals surface area contributed by atoms with Crippen LogP contribution in [0.4, 0.5) is 5.69 Å². The minimum absolute atomic E-state index is 0.0688. The molecule has 0 unspecified atom stereocenters. The lowest BCUT2D eigenvalue weighted by atomic mass is 9.90. The van der Waals surface area contributed by atoms with Crippen LogP contribution in [-0.2, 0) is 16.1 Å². The summed E-state index contributed by atoms with van der Waals surface area (Å²) in [6.07, 6.45) is 2.42. The first-order chi connectivity index (χ1) is 15.9. The van der Waals surface area contributed by atoms with Crippen LogP contribution in [0.5, 0.6) is 0 Å². The normalized spacial score (nSPS) is 20.1. The van der Waals surface area contributed by atoms with E-state index < -0.39 is 0 Å². The Hall–Kier alpha value is -3.78. The van der Waals surface area contributed by atoms with Gasteiger partial charge in [-0.25, -0.2) is 0 Å². The van der Waals surface area contributed by atoms with Crippen LogP contribution in [0.25, 0.3) is 10.8 Å². The molecule has 33 heavy (non-hydrogen) atoms. The summed E-state index contributed by atoms with van der Waals surface area (Å²) in [6, 6.07) is 23.6. The zero-order valence-electron chi connectivity index (χ0n) is 19.2. The van der Waals surface area contributed by atoms with Gasteiger partial charge in [0.05, 0.1) is 17.3 Å². The maximum atomic E-state index is 13.8. The number of hydrogen-bond donors (Lipinski definition) is 0. The smallest absolute Gasteiger partial charge is 0.251 e. The molecule has 1 fully saturated rings. The highest BCUT2D eigenvalue weighted by Gasteiger charge is 2.53. The van der Waals surface area contributed by atoms with Crippen LogP contribution < -0.4 is 4.90 Å². The third-order valence-electron chi connectivity index (χ3n) is 6.42. The zero-order chi connectivity index (χ0) is 23.2. The summed E-state index contributed by atoms with van der Waals surface area (Å²) in [4.78, 5) is 17.9. The number of carbonyl (C=O) groups is 1. The number of rotatable bonds is 4. The lowest BCUT2D eigenvalue weighted by molar-refractivity contribution is -0.119. The Morgan fingerprint density at radius 3 is 2.39 bits per heavy atom. The van der Waals surface area contributed by atoms with Crippen LogP contribution in [0.2, 0.25) is 0 Å². The summed E-state index contributed by atoms with van der Waals surface area (Å²) < 4.78 is 6.09. The van der Waals surface area contributed by atoms with Crippen molar-refractivity contribution in [2.45, 2.75) is 46.0 Å². The fourth-order valence-electron chi connectivity index (χ4n) is 5.00. The van der Waals surface area contributed by atoms with Gasteiger partial charge in [0, 0.05) is 28.8 Å². The predicted octanol–water partition coefficient (Wildman–Crippen LogP) is 5.56. The molecule has 2 atom stereocenters. The number of hydrogen-bond acceptors (Lipinski definition) is 4. The van der Waals surface area contributed by atoms with Crippen molar-refractivity contribution in [3.8, 4) is 6.07 Å². The second kappa shape index (κ2) is 7.97. The van der Waals surface area contributed by atoms with E-state index in [1.165, 1.54) is 0 Å². The summed E-state index contributed by atoms with van der Waals surface area (Å²) in [5.41, 5.74) is 2.37. The molecule has 0 N–H and O–H groups in total. The Balaban J connectivity index is 1.51. The highest BCUT2D eigenvalue weighted by atomic mass is 16.5. The molecular formula is C28H27N3O2. The Morgan fingerprint density at radius 1 is 1.00 bits per heavy atom. The van der Waals surface area contributed by atoms with Crippen LogP contribution in [0.1, 0.15) is 38.3 Å². The van der Waals surface area contributed by atoms with E-state index in [4.69, 9.17) is 4.74 Å². The van der Waals surface area contributed by atoms with Gasteiger partial charge in [-0.15, -0.1) is 0 Å². The number of amides is 1. The van der Waals surface area contributed by atoms with Crippen LogP contribution in [0, 0.1) is 16.7 Å². The molecule has 0 saturated carbocycles. The lowest BCUT2D eigenvalue weighted by Gasteiger charge is -2.39. The minimum Gasteiger partial charge on any atom is -0.492 e. The summed E-state index contributed by atoms with van der Waals surface area (Å²) in [5.74, 6) is 0.912. The van der Waals surface area contributed by atoms with Gasteiger partial charge in [0.25, 0.3) is 5.91 Å². The lowest BCUT2D eigenvalue weighted by Crippen LogP contribution is -2.47. The Bertz CT molecular complexity index is 1280. The molecule has 1 amide bonds. The molecular weight excluding hydrogens is 410 g/mol. The van der Waals surface area contributed by atoms with Crippen molar-refractivity contribution in [1.82, 2.24) is 4.90 Å². The summed E-state index contributed by atoms with van der Waals surface area (Å²) >= 11 is 0. The number of benzene rings is 3. The molecule has 2 heterocycles. The van der Waals surface area contributed by atoms with Crippen LogP contribution >= 0.6 is 0 Å². The van der Waals surface area contributed by atoms with Crippen molar-refractivity contribution < 1.29 is 9.53 Å². The number of ether oxygens (including phenoxy) is 1. The minimum atomic E-state index is -0.283. The molecule has 5 heteroatoms. The molecule has 5 nitrogen and oxygen atoms in total. The summed E-state index contributed by atoms with van der Waals surface area (Å²) in [5, 5.41) is 11.3. The molecule has 0 radical (unpaired) electrons. The standard InChI is InChI=1S/C28H27N3O2/c1-28(2,3)27-30-17-21(33-18-19-9-5-4-6-10-19)15-25(30)26(32)31(27)24-14-13-20(16-29)22-11-7-8-12-23(22)24/h4-14,17,25,27H,15,18H2,1-3H3/t25-,27+/m0/s1. The summed E-state index contributed by atoms with van der Waals surface area (Å²) in [6.45, 7) is 6.96. The van der Waals surface area contributed by atoms with Crippen LogP contribution in [0.3, 0.4) is 0 Å². The largest absolute Gasteiger partial charge is 0.492 e. The number of nitrogens with zero attached hydrogens (tertiary/aromatic N) is 3. The third kappa shape index (κ3) is 3.62. The van der Waals surface area contributed by atoms with Crippen molar-refractivity contribution in [1.29, 1.82) is 5.26 Å². The van der Waals surface area contributed by atoms with E-state index in [1.54, 1.807) is 0 Å². The highest BCUT2D eigenvalue weighted by Crippen LogP contribution is 2.45. The fraction of sp³-hybridized carbons (Fsp3) is 0.286. The number of anilines is 1. The molecule has 3 aromatic rings. The Kier molecular flexibility index (Phi) is 5.09. The Morgan fingerprint density at radius 2 is 1.70 bits per heavy atom. The average Bonchev–Trinajstić information content (AvgIpc) is 3.34. The van der Waals surface area contributed by atoms with Crippen LogP contribution in [0.15, 0.2) is 78.7 Å². The van der Waals surface area contributed by atoms with Crippen molar-refractivity contribution in [2.24, 2.45) is 5.41 Å². The summed E-state index contributed by atoms with van der Waals surface area (Å²) in [7, 11) is 0. The highest BCUT2D eigenvalue weighted by molar-refractivity contribution is 6.08. The van der Waals surface area contributed by atoms with Crippen LogP contribution in [-0.4, -0.2) is 23.0 Å². The molecule has 3 aromatic carbocycles. The average molecular weight is 438 g/mol. The number of fused-ring (bicyclic) bond motifs is 2. The quantitative estimate of drug-likeness (QED) is 0.536. The van der Waals surface area contributed by atoms with Gasteiger partial charge in [-0.2, -0.15) is 5.26 Å². The molecule has 166 valence electrons. The van der Waals surface area contributed by atoms with Gasteiger partial charge >= 0.3 is 0 Å². The topological polar surface area (TPSA) is 56.6 Å². The van der Waals surface area contributed by atoms with Gasteiger partial charge in [0.1, 0.15) is 24.6 Å². The third-order valence-corrected chi connectivity index (χ3v) is 6.42. The van der Waals surface area contributed by atoms with E-state index >= 15 is 0 Å². The van der Waals surface area contributed by atoms with Gasteiger partial charge in [-0.05, 0) is 17.7 Å². The molecule has 0 spiro atoms. The van der Waals surface area contributed by atoms with Gasteiger partial charge in [0.2, 0.25) is 0 Å². The van der Waals surface area contributed by atoms with E-state index in [1.807, 2.05) is 77.8 Å². The molecule has 0 bridgehead atoms. The SMILES string of the molecule is CC(C)(C)[C@H]1N(c2ccc(C#N)c3ccccc23)C(=O)[C@@H]2CC(OCc3ccccc3)=CN21. The predicted molar refractivity (Wildman–Crippen MR) is 129 cm³/mol. The van der Waals surface area contributed by atoms with E-state index in [0.29, 0.717) is 18.6 Å². The first-order valence-corrected chi connectivity index (χ1v) is 11.3. The molecule has 2 aliphatic rings. The molecule has 5 rings (SSSR count). The van der Waals surface area contributed by atoms with Gasteiger partial charge in [-0.3, -0.25) is 9.69 Å². The Labute approximate surface area is 194 Å². The maximum Gasteiger partial charge on any atom is 0.251 e. The molecule has 0 aromatic heterocycles. The molecule has 0 aliphatic carbocycles. The van der Waals surface area contributed by atoms with E-state index in [0.717, 1.165) is 27.8 Å². The van der Waals surface area contributed by atoms with Crippen molar-refractivity contribution in [3.05, 3.63) is 89.8 Å². The first kappa shape index (κ1) is 21.1. The van der Waals surface area contributed by atoms with Crippen molar-refractivity contribution in [2.75, 3.05) is 4.90 Å². The maximum absolute atomic E-state index is 13.8. The second-order valence-electron chi connectivity index (χ2n) is 9.77. The zero-order valence-corrected chi connectivity index (χ0v) is 19.2. The number of carbonyl (C=O) groups excluding carboxylic acids is 1. The van der Waals surface area contributed by atoms with Crippen molar-refractivity contribution >= 4 is 22.4 Å². The van der Waals surface area contributed by atoms with Gasteiger partial charge in [0.15, 0.2) is 0 Å². The fourth-order valence-corrected chi connectivity index (χ4v) is 5.00. The number of nitriles is 1. The first-order valence-electron chi connectivity index (χ1n) is 11.3. The molecule has 2 aliphatic heterocycles. The van der Waals surface area contributed by atoms with Crippen molar-refractivity contribution in [3.63, 3.8) is 0 Å². The van der Waals surface area contributed by atoms with Gasteiger partial charge < -0.3 is 9.64 Å².